The lowest BCUT2D eigenvalue weighted by atomic mass is 9.43. The van der Waals surface area contributed by atoms with E-state index in [2.05, 4.69) is 28.8 Å². The Kier molecular flexibility index (Phi) is 8.88. The zero-order chi connectivity index (χ0) is 34.6. The summed E-state index contributed by atoms with van der Waals surface area (Å²) in [4.78, 5) is 5.89. The molecule has 7 nitrogen and oxygen atoms in total. The summed E-state index contributed by atoms with van der Waals surface area (Å²) in [5.74, 6) is -1.77. The zero-order valence-electron chi connectivity index (χ0n) is 24.0. The third-order valence-electron chi connectivity index (χ3n) is 7.17. The van der Waals surface area contributed by atoms with Crippen molar-refractivity contribution in [3.63, 3.8) is 0 Å². The summed E-state index contributed by atoms with van der Waals surface area (Å²) >= 11 is 5.44. The molecule has 47 heavy (non-hydrogen) atoms. The molecule has 0 bridgehead atoms. The van der Waals surface area contributed by atoms with Gasteiger partial charge >= 0.3 is 6.18 Å². The lowest BCUT2D eigenvalue weighted by Crippen LogP contribution is -2.68. The third kappa shape index (κ3) is 6.97. The normalized spacial score (nSPS) is 21.2. The van der Waals surface area contributed by atoms with Crippen molar-refractivity contribution in [2.75, 3.05) is 21.7 Å². The van der Waals surface area contributed by atoms with Crippen molar-refractivity contribution in [1.29, 1.82) is 0 Å². The van der Waals surface area contributed by atoms with Gasteiger partial charge in [-0.15, -0.1) is 0 Å². The fraction of sp³-hybridized carbons (Fsp3) is 0.207. The Balaban J connectivity index is 0.000000474. The number of nitrogens with one attached hydrogen (secondary N) is 2. The minimum Gasteiger partial charge on any atom is -0.388 e. The lowest BCUT2D eigenvalue weighted by molar-refractivity contribution is -0.137. The highest BCUT2D eigenvalue weighted by atomic mass is 35.5. The maximum Gasteiger partial charge on any atom is 0.416 e. The van der Waals surface area contributed by atoms with Gasteiger partial charge in [0.2, 0.25) is 13.2 Å². The molecule has 18 heteroatoms. The molecule has 0 aliphatic carbocycles. The van der Waals surface area contributed by atoms with E-state index in [4.69, 9.17) is 27.3 Å². The van der Waals surface area contributed by atoms with Crippen LogP contribution >= 0.6 is 11.6 Å². The maximum absolute atomic E-state index is 14.0. The number of nitrogens with zero attached hydrogens (tertiary/aromatic N) is 3. The number of anilines is 3. The number of rotatable bonds is 5. The van der Waals surface area contributed by atoms with Crippen molar-refractivity contribution in [1.82, 2.24) is 5.32 Å². The first-order chi connectivity index (χ1) is 21.8. The fourth-order valence-electron chi connectivity index (χ4n) is 5.29. The number of hydrogen-bond donors (Lipinski definition) is 4. The standard InChI is InChI=1S/C23H17B3F6N5O2.C6H4ClF/c1-9(11-3-12(21(30,31)32)5-13(27)4-11)34-15-6-16-19(18-10(2)33-7-14(15)18)37-20(36(16)8-17(28)29)35-22(24,38)26-23(37,25)39;7-5-1-3-6(8)4-2-5/h3-6,17,33-34,38-39H,1-2,7-8H2;1-4H. The van der Waals surface area contributed by atoms with Crippen molar-refractivity contribution in [3.8, 4) is 0 Å². The first-order valence-electron chi connectivity index (χ1n) is 13.5. The number of alkyl halides is 5. The second kappa shape index (κ2) is 12.2. The average molecular weight is 672 g/mol. The minimum absolute atomic E-state index is 0.0400. The van der Waals surface area contributed by atoms with Crippen LogP contribution in [-0.2, 0) is 12.7 Å². The van der Waals surface area contributed by atoms with Crippen LogP contribution in [0.4, 0.5) is 47.8 Å². The predicted molar refractivity (Wildman–Crippen MR) is 168 cm³/mol. The van der Waals surface area contributed by atoms with Gasteiger partial charge < -0.3 is 25.7 Å². The van der Waals surface area contributed by atoms with Crippen LogP contribution in [0.1, 0.15) is 22.3 Å². The van der Waals surface area contributed by atoms with E-state index >= 15 is 0 Å². The summed E-state index contributed by atoms with van der Waals surface area (Å²) in [5.41, 5.74) is -5.04. The number of aliphatic hydroxyl groups is 2. The van der Waals surface area contributed by atoms with Crippen LogP contribution in [0.15, 0.2) is 66.7 Å². The Bertz CT molecular complexity index is 1770. The number of aliphatic imine (C=N–C) groups is 1. The SMILES string of the molecule is Fc1ccc(Cl)cc1.[B]C1(O)[B]C([B])(O)N2C(=N1)N(CC(F)F)c1cc(NC(=C)c3cc(F)cc(C(F)(F)F)c3)c3c(c12)C(=C)NC3. The van der Waals surface area contributed by atoms with Crippen LogP contribution in [-0.4, -0.2) is 63.2 Å². The van der Waals surface area contributed by atoms with Crippen molar-refractivity contribution < 1.29 is 40.9 Å². The van der Waals surface area contributed by atoms with Crippen LogP contribution in [0.3, 0.4) is 0 Å². The highest BCUT2D eigenvalue weighted by Gasteiger charge is 2.52. The fourth-order valence-corrected chi connectivity index (χ4v) is 5.42. The maximum atomic E-state index is 14.0. The van der Waals surface area contributed by atoms with Gasteiger partial charge in [0.25, 0.3) is 6.43 Å². The van der Waals surface area contributed by atoms with Gasteiger partial charge in [0, 0.05) is 45.3 Å². The van der Waals surface area contributed by atoms with E-state index in [9.17, 15) is 40.9 Å². The number of halogens is 8. The molecule has 0 fully saturated rings. The smallest absolute Gasteiger partial charge is 0.388 e. The van der Waals surface area contributed by atoms with Crippen molar-refractivity contribution in [2.45, 2.75) is 30.2 Å². The largest absolute Gasteiger partial charge is 0.416 e. The molecule has 2 atom stereocenters. The quantitative estimate of drug-likeness (QED) is 0.226. The van der Waals surface area contributed by atoms with Crippen LogP contribution in [0, 0.1) is 11.6 Å². The number of guanidine groups is 1. The van der Waals surface area contributed by atoms with E-state index < -0.39 is 41.6 Å². The van der Waals surface area contributed by atoms with Gasteiger partial charge in [0.15, 0.2) is 0 Å². The van der Waals surface area contributed by atoms with Crippen LogP contribution < -0.4 is 20.4 Å². The van der Waals surface area contributed by atoms with E-state index in [0.717, 1.165) is 15.9 Å². The molecule has 0 spiro atoms. The average Bonchev–Trinajstić information content (AvgIpc) is 3.47. The number of hydrogen-bond acceptors (Lipinski definition) is 7. The van der Waals surface area contributed by atoms with E-state index in [1.807, 2.05) is 0 Å². The molecule has 0 saturated heterocycles. The number of benzene rings is 3. The second-order valence-electron chi connectivity index (χ2n) is 10.7. The Hall–Kier alpha value is -4.08. The first-order valence-corrected chi connectivity index (χ1v) is 13.9. The molecule has 3 aliphatic heterocycles. The summed E-state index contributed by atoms with van der Waals surface area (Å²) < 4.78 is 93.2. The molecule has 0 saturated carbocycles. The van der Waals surface area contributed by atoms with E-state index in [-0.39, 0.29) is 46.6 Å². The molecule has 3 aromatic rings. The van der Waals surface area contributed by atoms with Gasteiger partial charge in [-0.2, -0.15) is 13.2 Å². The Morgan fingerprint density at radius 2 is 1.77 bits per heavy atom. The summed E-state index contributed by atoms with van der Waals surface area (Å²) in [5, 5.41) is 27.7. The van der Waals surface area contributed by atoms with Gasteiger partial charge in [-0.3, -0.25) is 4.90 Å². The summed E-state index contributed by atoms with van der Waals surface area (Å²) in [6, 6.07) is 8.96. The molecule has 3 aromatic carbocycles. The van der Waals surface area contributed by atoms with Gasteiger partial charge in [0.05, 0.1) is 34.5 Å². The molecular formula is C29H21B3ClF7N5O2. The third-order valence-corrected chi connectivity index (χ3v) is 7.42. The molecule has 3 aliphatic rings. The molecule has 5 radical (unpaired) electrons. The van der Waals surface area contributed by atoms with E-state index in [0.29, 0.717) is 41.3 Å². The molecule has 4 N–H and O–H groups in total. The lowest BCUT2D eigenvalue weighted by Gasteiger charge is -2.44. The van der Waals surface area contributed by atoms with Crippen molar-refractivity contribution in [2.24, 2.45) is 4.99 Å². The summed E-state index contributed by atoms with van der Waals surface area (Å²) in [6.07, 6.45) is -7.73. The zero-order valence-corrected chi connectivity index (χ0v) is 24.8. The van der Waals surface area contributed by atoms with Crippen molar-refractivity contribution >= 4 is 69.0 Å². The Morgan fingerprint density at radius 1 is 1.11 bits per heavy atom. The topological polar surface area (TPSA) is 83.4 Å². The molecule has 2 unspecified atom stereocenters. The molecule has 0 amide bonds. The Morgan fingerprint density at radius 3 is 2.36 bits per heavy atom. The first kappa shape index (κ1) is 34.3. The van der Waals surface area contributed by atoms with Gasteiger partial charge in [-0.05, 0) is 48.5 Å². The van der Waals surface area contributed by atoms with Crippen molar-refractivity contribution in [3.05, 3.63) is 101 Å². The highest BCUT2D eigenvalue weighted by molar-refractivity contribution is 6.66. The number of fused-ring (bicyclic) bond motifs is 5. The van der Waals surface area contributed by atoms with E-state index in [1.54, 1.807) is 0 Å². The van der Waals surface area contributed by atoms with Crippen LogP contribution in [0.5, 0.6) is 0 Å². The Labute approximate surface area is 272 Å². The molecule has 239 valence electrons. The molecule has 0 aromatic heterocycles. The highest BCUT2D eigenvalue weighted by Crippen LogP contribution is 2.51. The van der Waals surface area contributed by atoms with E-state index in [1.165, 1.54) is 30.3 Å². The molecule has 6 rings (SSSR count). The minimum atomic E-state index is -4.81. The van der Waals surface area contributed by atoms with Crippen LogP contribution in [0.25, 0.3) is 11.4 Å². The van der Waals surface area contributed by atoms with Gasteiger partial charge in [-0.25, -0.2) is 22.6 Å². The second-order valence-corrected chi connectivity index (χ2v) is 11.1. The molecule has 3 heterocycles. The van der Waals surface area contributed by atoms with Gasteiger partial charge in [-0.1, -0.05) is 24.8 Å². The monoisotopic (exact) mass is 672 g/mol. The summed E-state index contributed by atoms with van der Waals surface area (Å²) in [7, 11) is 12.4. The molecular weight excluding hydrogens is 651 g/mol. The van der Waals surface area contributed by atoms with Gasteiger partial charge in [0.1, 0.15) is 27.3 Å². The van der Waals surface area contributed by atoms with Crippen LogP contribution in [0.2, 0.25) is 5.02 Å². The summed E-state index contributed by atoms with van der Waals surface area (Å²) in [6.45, 7) is 6.84. The predicted octanol–water partition coefficient (Wildman–Crippen LogP) is 4.99.